The van der Waals surface area contributed by atoms with Crippen LogP contribution in [0.2, 0.25) is 0 Å². The summed E-state index contributed by atoms with van der Waals surface area (Å²) in [5, 5.41) is 0. The SMILES string of the molecule is CC(=O)c1ccc(S)c(S(=O)O)c1.[Zn+2]. The summed E-state index contributed by atoms with van der Waals surface area (Å²) < 4.78 is 19.6. The third-order valence-corrected chi connectivity index (χ3v) is 2.81. The fourth-order valence-electron chi connectivity index (χ4n) is 0.873. The van der Waals surface area contributed by atoms with Crippen molar-refractivity contribution in [3.63, 3.8) is 0 Å². The Hall–Kier alpha value is -0.0266. The molecule has 1 aromatic rings. The fourth-order valence-corrected chi connectivity index (χ4v) is 1.72. The maximum atomic E-state index is 10.9. The number of hydrogen-bond donors (Lipinski definition) is 2. The smallest absolute Gasteiger partial charge is 0.302 e. The molecule has 1 unspecified atom stereocenters. The molecule has 0 aliphatic heterocycles. The molecule has 0 fully saturated rings. The van der Waals surface area contributed by atoms with Gasteiger partial charge in [0.15, 0.2) is 16.9 Å². The Morgan fingerprint density at radius 1 is 1.50 bits per heavy atom. The summed E-state index contributed by atoms with van der Waals surface area (Å²) in [4.78, 5) is 11.5. The van der Waals surface area contributed by atoms with Gasteiger partial charge in [-0.25, -0.2) is 4.21 Å². The van der Waals surface area contributed by atoms with Gasteiger partial charge in [0.2, 0.25) is 0 Å². The first kappa shape index (κ1) is 14.0. The van der Waals surface area contributed by atoms with Crippen LogP contribution in [0.15, 0.2) is 28.0 Å². The molecule has 0 heterocycles. The normalized spacial score (nSPS) is 11.6. The zero-order chi connectivity index (χ0) is 10.0. The minimum absolute atomic E-state index is 0. The summed E-state index contributed by atoms with van der Waals surface area (Å²) in [6.45, 7) is 1.40. The van der Waals surface area contributed by atoms with Crippen LogP contribution in [-0.2, 0) is 30.6 Å². The number of ketones is 1. The van der Waals surface area contributed by atoms with Gasteiger partial charge < -0.3 is 4.55 Å². The number of Topliss-reactive ketones (excluding diaryl/α,β-unsaturated/α-hetero) is 1. The van der Waals surface area contributed by atoms with Gasteiger partial charge in [0.05, 0.1) is 4.90 Å². The van der Waals surface area contributed by atoms with Gasteiger partial charge in [0.1, 0.15) is 0 Å². The molecule has 0 aliphatic carbocycles. The number of rotatable bonds is 2. The Morgan fingerprint density at radius 2 is 2.07 bits per heavy atom. The predicted octanol–water partition coefficient (Wildman–Crippen LogP) is 1.76. The topological polar surface area (TPSA) is 54.4 Å². The Morgan fingerprint density at radius 3 is 2.50 bits per heavy atom. The molecular formula is C8H8O3S2Zn+2. The summed E-state index contributed by atoms with van der Waals surface area (Å²) in [5.41, 5.74) is 0.412. The molecule has 3 nitrogen and oxygen atoms in total. The average Bonchev–Trinajstić information content (AvgIpc) is 2.04. The maximum Gasteiger partial charge on any atom is 2.00 e. The van der Waals surface area contributed by atoms with E-state index in [2.05, 4.69) is 12.6 Å². The predicted molar refractivity (Wildman–Crippen MR) is 52.7 cm³/mol. The minimum atomic E-state index is -2.10. The number of thiol groups is 1. The van der Waals surface area contributed by atoms with Crippen molar-refractivity contribution in [3.05, 3.63) is 23.8 Å². The fraction of sp³-hybridized carbons (Fsp3) is 0.125. The van der Waals surface area contributed by atoms with E-state index in [4.69, 9.17) is 4.55 Å². The van der Waals surface area contributed by atoms with Crippen molar-refractivity contribution in [2.75, 3.05) is 0 Å². The summed E-state index contributed by atoms with van der Waals surface area (Å²) >= 11 is 1.89. The zero-order valence-electron chi connectivity index (χ0n) is 7.56. The molecule has 1 N–H and O–H groups in total. The van der Waals surface area contributed by atoms with Gasteiger partial charge >= 0.3 is 19.5 Å². The Bertz CT molecular complexity index is 379. The summed E-state index contributed by atoms with van der Waals surface area (Å²) in [6, 6.07) is 4.48. The molecule has 70 valence electrons. The van der Waals surface area contributed by atoms with Gasteiger partial charge in [-0.1, -0.05) is 6.07 Å². The van der Waals surface area contributed by atoms with E-state index >= 15 is 0 Å². The molecule has 0 aromatic heterocycles. The number of carbonyl (C=O) groups is 1. The molecule has 0 amide bonds. The van der Waals surface area contributed by atoms with Crippen LogP contribution >= 0.6 is 12.6 Å². The average molecular weight is 282 g/mol. The van der Waals surface area contributed by atoms with E-state index in [1.807, 2.05) is 0 Å². The van der Waals surface area contributed by atoms with Crippen LogP contribution in [0, 0.1) is 0 Å². The molecule has 1 atom stereocenters. The molecule has 0 spiro atoms. The number of benzene rings is 1. The molecule has 0 radical (unpaired) electrons. The molecule has 6 heteroatoms. The quantitative estimate of drug-likeness (QED) is 0.376. The van der Waals surface area contributed by atoms with Crippen LogP contribution in [0.4, 0.5) is 0 Å². The summed E-state index contributed by atoms with van der Waals surface area (Å²) in [7, 11) is 0. The number of hydrogen-bond acceptors (Lipinski definition) is 3. The van der Waals surface area contributed by atoms with Gasteiger partial charge in [-0.2, -0.15) is 0 Å². The summed E-state index contributed by atoms with van der Waals surface area (Å²) in [6.07, 6.45) is 0. The van der Waals surface area contributed by atoms with Gasteiger partial charge in [-0.3, -0.25) is 4.79 Å². The molecule has 0 bridgehead atoms. The van der Waals surface area contributed by atoms with Gasteiger partial charge in [-0.05, 0) is 19.1 Å². The number of carbonyl (C=O) groups excluding carboxylic acids is 1. The van der Waals surface area contributed by atoms with E-state index < -0.39 is 11.1 Å². The third kappa shape index (κ3) is 3.28. The van der Waals surface area contributed by atoms with E-state index in [9.17, 15) is 9.00 Å². The Balaban J connectivity index is 0.00000169. The van der Waals surface area contributed by atoms with E-state index in [-0.39, 0.29) is 30.2 Å². The molecule has 1 aromatic carbocycles. The molecule has 14 heavy (non-hydrogen) atoms. The van der Waals surface area contributed by atoms with Crippen molar-refractivity contribution >= 4 is 29.5 Å². The molecule has 0 aliphatic rings. The van der Waals surface area contributed by atoms with Crippen molar-refractivity contribution < 1.29 is 33.0 Å². The van der Waals surface area contributed by atoms with Crippen LogP contribution in [0.5, 0.6) is 0 Å². The van der Waals surface area contributed by atoms with Gasteiger partial charge in [-0.15, -0.1) is 12.6 Å². The van der Waals surface area contributed by atoms with E-state index in [1.54, 1.807) is 6.07 Å². The minimum Gasteiger partial charge on any atom is -0.302 e. The second kappa shape index (κ2) is 5.76. The van der Waals surface area contributed by atoms with Crippen molar-refractivity contribution in [2.45, 2.75) is 16.7 Å². The van der Waals surface area contributed by atoms with Crippen LogP contribution in [0.1, 0.15) is 17.3 Å². The van der Waals surface area contributed by atoms with Crippen molar-refractivity contribution in [1.29, 1.82) is 0 Å². The first-order chi connectivity index (χ1) is 6.02. The first-order valence-corrected chi connectivity index (χ1v) is 5.02. The largest absolute Gasteiger partial charge is 2.00 e. The standard InChI is InChI=1S/C8H8O3S2.Zn/c1-5(9)6-2-3-7(12)8(4-6)13(10)11;/h2-4,12H,1H3,(H,10,11);/q;+2. The van der Waals surface area contributed by atoms with Gasteiger partial charge in [0, 0.05) is 10.5 Å². The first-order valence-electron chi connectivity index (χ1n) is 3.47. The zero-order valence-corrected chi connectivity index (χ0v) is 12.2. The molecular weight excluding hydrogens is 274 g/mol. The van der Waals surface area contributed by atoms with Crippen molar-refractivity contribution in [3.8, 4) is 0 Å². The van der Waals surface area contributed by atoms with Crippen LogP contribution in [0.3, 0.4) is 0 Å². The Kier molecular flexibility index (Phi) is 5.75. The second-order valence-electron chi connectivity index (χ2n) is 2.49. The van der Waals surface area contributed by atoms with Crippen LogP contribution in [0.25, 0.3) is 0 Å². The monoisotopic (exact) mass is 280 g/mol. The van der Waals surface area contributed by atoms with Crippen LogP contribution < -0.4 is 0 Å². The summed E-state index contributed by atoms with van der Waals surface area (Å²) in [5.74, 6) is -0.139. The third-order valence-electron chi connectivity index (χ3n) is 1.55. The second-order valence-corrected chi connectivity index (χ2v) is 3.91. The van der Waals surface area contributed by atoms with Gasteiger partial charge in [0.25, 0.3) is 0 Å². The van der Waals surface area contributed by atoms with Crippen molar-refractivity contribution in [1.82, 2.24) is 0 Å². The molecule has 0 saturated carbocycles. The van der Waals surface area contributed by atoms with E-state index in [0.717, 1.165) is 0 Å². The van der Waals surface area contributed by atoms with E-state index in [0.29, 0.717) is 10.5 Å². The Labute approximate surface area is 103 Å². The van der Waals surface area contributed by atoms with Crippen LogP contribution in [-0.4, -0.2) is 14.5 Å². The molecule has 0 saturated heterocycles. The van der Waals surface area contributed by atoms with Crippen molar-refractivity contribution in [2.24, 2.45) is 0 Å². The maximum absolute atomic E-state index is 10.9. The van der Waals surface area contributed by atoms with E-state index in [1.165, 1.54) is 19.1 Å². The molecule has 1 rings (SSSR count).